The first-order valence-electron chi connectivity index (χ1n) is 8.03. The van der Waals surface area contributed by atoms with Crippen LogP contribution in [0.3, 0.4) is 0 Å². The van der Waals surface area contributed by atoms with Crippen LogP contribution in [-0.2, 0) is 6.54 Å². The Bertz CT molecular complexity index is 448. The largest absolute Gasteiger partial charge is 0.366 e. The highest BCUT2D eigenvalue weighted by atomic mass is 35.5. The summed E-state index contributed by atoms with van der Waals surface area (Å²) in [5, 5.41) is 4.39. The summed E-state index contributed by atoms with van der Waals surface area (Å²) in [7, 11) is 4.29. The van der Waals surface area contributed by atoms with Crippen molar-refractivity contribution < 1.29 is 0 Å². The summed E-state index contributed by atoms with van der Waals surface area (Å²) in [4.78, 5) is 4.79. The van der Waals surface area contributed by atoms with Gasteiger partial charge in [-0.3, -0.25) is 0 Å². The molecule has 0 bridgehead atoms. The number of nitrogens with zero attached hydrogens (tertiary/aromatic N) is 2. The topological polar surface area (TPSA) is 18.5 Å². The predicted molar refractivity (Wildman–Crippen MR) is 92.4 cm³/mol. The van der Waals surface area contributed by atoms with Crippen molar-refractivity contribution in [3.05, 3.63) is 28.8 Å². The average molecular weight is 310 g/mol. The number of likely N-dealkylation sites (N-methyl/N-ethyl adjacent to an activating group) is 1. The van der Waals surface area contributed by atoms with Gasteiger partial charge in [0.2, 0.25) is 0 Å². The highest BCUT2D eigenvalue weighted by molar-refractivity contribution is 6.33. The van der Waals surface area contributed by atoms with Crippen molar-refractivity contribution in [1.82, 2.24) is 10.2 Å². The minimum Gasteiger partial charge on any atom is -0.366 e. The van der Waals surface area contributed by atoms with Crippen LogP contribution >= 0.6 is 11.6 Å². The quantitative estimate of drug-likeness (QED) is 0.779. The molecule has 0 radical (unpaired) electrons. The van der Waals surface area contributed by atoms with Gasteiger partial charge in [0.25, 0.3) is 0 Å². The van der Waals surface area contributed by atoms with Crippen LogP contribution in [0.5, 0.6) is 0 Å². The number of para-hydroxylation sites is 1. The zero-order valence-corrected chi connectivity index (χ0v) is 14.3. The van der Waals surface area contributed by atoms with Crippen LogP contribution < -0.4 is 10.2 Å². The highest BCUT2D eigenvalue weighted by Crippen LogP contribution is 2.35. The number of anilines is 1. The van der Waals surface area contributed by atoms with Gasteiger partial charge in [0.1, 0.15) is 0 Å². The predicted octanol–water partition coefficient (Wildman–Crippen LogP) is 3.37. The summed E-state index contributed by atoms with van der Waals surface area (Å²) >= 11 is 6.54. The van der Waals surface area contributed by atoms with Crippen molar-refractivity contribution in [2.75, 3.05) is 38.6 Å². The molecule has 0 saturated carbocycles. The fourth-order valence-electron chi connectivity index (χ4n) is 3.17. The molecule has 118 valence electrons. The van der Waals surface area contributed by atoms with Gasteiger partial charge < -0.3 is 15.1 Å². The van der Waals surface area contributed by atoms with Gasteiger partial charge >= 0.3 is 0 Å². The Balaban J connectivity index is 2.20. The Morgan fingerprint density at radius 1 is 1.38 bits per heavy atom. The lowest BCUT2D eigenvalue weighted by Gasteiger charge is -2.31. The van der Waals surface area contributed by atoms with Gasteiger partial charge in [-0.25, -0.2) is 0 Å². The molecule has 1 saturated heterocycles. The third kappa shape index (κ3) is 4.35. The SMILES string of the molecule is CCCNCc1cccc(Cl)c1N1CCCC1CN(C)C. The summed E-state index contributed by atoms with van der Waals surface area (Å²) in [5.41, 5.74) is 2.56. The highest BCUT2D eigenvalue weighted by Gasteiger charge is 2.28. The second-order valence-electron chi connectivity index (χ2n) is 6.18. The van der Waals surface area contributed by atoms with Crippen LogP contribution in [0.25, 0.3) is 0 Å². The molecule has 1 fully saturated rings. The molecule has 1 heterocycles. The van der Waals surface area contributed by atoms with Gasteiger partial charge in [0.05, 0.1) is 10.7 Å². The lowest BCUT2D eigenvalue weighted by molar-refractivity contribution is 0.372. The zero-order valence-electron chi connectivity index (χ0n) is 13.5. The summed E-state index contributed by atoms with van der Waals surface area (Å²) in [5.74, 6) is 0. The molecule has 1 aliphatic heterocycles. The molecule has 1 aromatic carbocycles. The van der Waals surface area contributed by atoms with E-state index in [1.807, 2.05) is 6.07 Å². The monoisotopic (exact) mass is 309 g/mol. The molecule has 3 nitrogen and oxygen atoms in total. The number of hydrogen-bond donors (Lipinski definition) is 1. The van der Waals surface area contributed by atoms with Crippen LogP contribution in [0.15, 0.2) is 18.2 Å². The molecule has 1 N–H and O–H groups in total. The molecule has 0 aliphatic carbocycles. The van der Waals surface area contributed by atoms with Gasteiger partial charge in [-0.2, -0.15) is 0 Å². The Kier molecular flexibility index (Phi) is 6.34. The van der Waals surface area contributed by atoms with Gasteiger partial charge in [-0.15, -0.1) is 0 Å². The first-order valence-corrected chi connectivity index (χ1v) is 8.40. The fraction of sp³-hybridized carbons (Fsp3) is 0.647. The van der Waals surface area contributed by atoms with Crippen molar-refractivity contribution >= 4 is 17.3 Å². The van der Waals surface area contributed by atoms with E-state index < -0.39 is 0 Å². The second kappa shape index (κ2) is 8.02. The van der Waals surface area contributed by atoms with E-state index in [0.29, 0.717) is 6.04 Å². The standard InChI is InChI=1S/C17H28ClN3/c1-4-10-19-12-14-7-5-9-16(18)17(14)21-11-6-8-15(21)13-20(2)3/h5,7,9,15,19H,4,6,8,10-13H2,1-3H3. The molecule has 1 atom stereocenters. The van der Waals surface area contributed by atoms with E-state index in [1.165, 1.54) is 24.1 Å². The lowest BCUT2D eigenvalue weighted by atomic mass is 10.1. The van der Waals surface area contributed by atoms with Gasteiger partial charge in [0.15, 0.2) is 0 Å². The van der Waals surface area contributed by atoms with Gasteiger partial charge in [-0.05, 0) is 51.5 Å². The van der Waals surface area contributed by atoms with Crippen molar-refractivity contribution in [3.63, 3.8) is 0 Å². The summed E-state index contributed by atoms with van der Waals surface area (Å²) in [6.07, 6.45) is 3.67. The summed E-state index contributed by atoms with van der Waals surface area (Å²) in [6, 6.07) is 6.86. The molecule has 0 spiro atoms. The molecule has 4 heteroatoms. The van der Waals surface area contributed by atoms with Crippen molar-refractivity contribution in [1.29, 1.82) is 0 Å². The van der Waals surface area contributed by atoms with E-state index in [1.54, 1.807) is 0 Å². The van der Waals surface area contributed by atoms with E-state index >= 15 is 0 Å². The van der Waals surface area contributed by atoms with E-state index in [0.717, 1.165) is 37.6 Å². The summed E-state index contributed by atoms with van der Waals surface area (Å²) < 4.78 is 0. The van der Waals surface area contributed by atoms with E-state index in [9.17, 15) is 0 Å². The maximum Gasteiger partial charge on any atom is 0.0643 e. The second-order valence-corrected chi connectivity index (χ2v) is 6.58. The first-order chi connectivity index (χ1) is 10.1. The van der Waals surface area contributed by atoms with Crippen LogP contribution in [0.4, 0.5) is 5.69 Å². The number of benzene rings is 1. The maximum absolute atomic E-state index is 6.54. The van der Waals surface area contributed by atoms with Crippen LogP contribution in [-0.4, -0.2) is 44.7 Å². The lowest BCUT2D eigenvalue weighted by Crippen LogP contribution is -2.38. The molecule has 0 amide bonds. The molecule has 21 heavy (non-hydrogen) atoms. The zero-order chi connectivity index (χ0) is 15.2. The average Bonchev–Trinajstić information content (AvgIpc) is 2.86. The van der Waals surface area contributed by atoms with E-state index in [2.05, 4.69) is 48.3 Å². The smallest absolute Gasteiger partial charge is 0.0643 e. The van der Waals surface area contributed by atoms with Crippen molar-refractivity contribution in [2.24, 2.45) is 0 Å². The Morgan fingerprint density at radius 3 is 2.90 bits per heavy atom. The molecule has 0 aromatic heterocycles. The van der Waals surface area contributed by atoms with E-state index in [-0.39, 0.29) is 0 Å². The normalized spacial score (nSPS) is 18.7. The minimum absolute atomic E-state index is 0.574. The van der Waals surface area contributed by atoms with Crippen LogP contribution in [0, 0.1) is 0 Å². The number of rotatable bonds is 7. The number of nitrogens with one attached hydrogen (secondary N) is 1. The molecule has 1 aromatic rings. The third-order valence-corrected chi connectivity index (χ3v) is 4.36. The number of halogens is 1. The van der Waals surface area contributed by atoms with Crippen LogP contribution in [0.2, 0.25) is 5.02 Å². The number of hydrogen-bond acceptors (Lipinski definition) is 3. The Morgan fingerprint density at radius 2 is 2.19 bits per heavy atom. The maximum atomic E-state index is 6.54. The Hall–Kier alpha value is -0.770. The molecular weight excluding hydrogens is 282 g/mol. The molecule has 1 aliphatic rings. The van der Waals surface area contributed by atoms with Crippen molar-refractivity contribution in [2.45, 2.75) is 38.8 Å². The molecule has 2 rings (SSSR count). The van der Waals surface area contributed by atoms with Crippen LogP contribution in [0.1, 0.15) is 31.7 Å². The minimum atomic E-state index is 0.574. The fourth-order valence-corrected chi connectivity index (χ4v) is 3.47. The van der Waals surface area contributed by atoms with Gasteiger partial charge in [-0.1, -0.05) is 30.7 Å². The first kappa shape index (κ1) is 16.6. The van der Waals surface area contributed by atoms with E-state index in [4.69, 9.17) is 11.6 Å². The summed E-state index contributed by atoms with van der Waals surface area (Å²) in [6.45, 7) is 6.34. The van der Waals surface area contributed by atoms with Gasteiger partial charge in [0, 0.05) is 25.7 Å². The van der Waals surface area contributed by atoms with Crippen molar-refractivity contribution in [3.8, 4) is 0 Å². The molecular formula is C17H28ClN3. The Labute approximate surface area is 134 Å². The third-order valence-electron chi connectivity index (χ3n) is 4.05. The molecule has 1 unspecified atom stereocenters.